The number of carboxylic acids is 1. The van der Waals surface area contributed by atoms with Crippen LogP contribution in [0.5, 0.6) is 0 Å². The molecule has 4 rings (SSSR count). The van der Waals surface area contributed by atoms with Crippen LogP contribution in [0.25, 0.3) is 21.8 Å². The van der Waals surface area contributed by atoms with Crippen LogP contribution >= 0.6 is 0 Å². The summed E-state index contributed by atoms with van der Waals surface area (Å²) in [5.74, 6) is -4.68. The van der Waals surface area contributed by atoms with Gasteiger partial charge >= 0.3 is 5.97 Å². The Bertz CT molecular complexity index is 1650. The number of aromatic nitrogens is 2. The lowest BCUT2D eigenvalue weighted by Crippen LogP contribution is -2.58. The number of aliphatic hydroxyl groups is 1. The average molecular weight is 592 g/mol. The number of H-pyrrole nitrogens is 2. The van der Waals surface area contributed by atoms with Gasteiger partial charge in [0.1, 0.15) is 18.1 Å². The molecule has 4 atom stereocenters. The quantitative estimate of drug-likeness (QED) is 0.0893. The van der Waals surface area contributed by atoms with Gasteiger partial charge in [-0.2, -0.15) is 0 Å². The largest absolute Gasteiger partial charge is 0.480 e. The number of nitrogens with two attached hydrogens (primary N) is 2. The summed E-state index contributed by atoms with van der Waals surface area (Å²) in [4.78, 5) is 68.9. The van der Waals surface area contributed by atoms with Crippen LogP contribution in [0.3, 0.4) is 0 Å². The lowest BCUT2D eigenvalue weighted by atomic mass is 10.0. The molecule has 4 amide bonds. The Labute approximate surface area is 245 Å². The number of carbonyl (C=O) groups is 5. The highest BCUT2D eigenvalue weighted by molar-refractivity contribution is 5.96. The number of benzene rings is 2. The first kappa shape index (κ1) is 30.7. The highest BCUT2D eigenvalue weighted by Crippen LogP contribution is 2.21. The Morgan fingerprint density at radius 3 is 1.60 bits per heavy atom. The predicted octanol–water partition coefficient (Wildman–Crippen LogP) is -0.832. The minimum absolute atomic E-state index is 0.0132. The average Bonchev–Trinajstić information content (AvgIpc) is 3.58. The highest BCUT2D eigenvalue weighted by Gasteiger charge is 2.31. The van der Waals surface area contributed by atoms with Crippen LogP contribution in [0.4, 0.5) is 0 Å². The summed E-state index contributed by atoms with van der Waals surface area (Å²) in [5, 5.41) is 27.8. The minimum atomic E-state index is -1.61. The molecule has 0 fully saturated rings. The number of primary amides is 1. The lowest BCUT2D eigenvalue weighted by molar-refractivity contribution is -0.143. The van der Waals surface area contributed by atoms with Gasteiger partial charge in [0.25, 0.3) is 0 Å². The third kappa shape index (κ3) is 7.55. The third-order valence-corrected chi connectivity index (χ3v) is 7.02. The molecule has 14 heteroatoms. The topological polar surface area (TPSA) is 246 Å². The number of amides is 4. The Morgan fingerprint density at radius 2 is 1.16 bits per heavy atom. The van der Waals surface area contributed by atoms with E-state index in [1.165, 1.54) is 0 Å². The van der Waals surface area contributed by atoms with Crippen molar-refractivity contribution < 1.29 is 34.2 Å². The summed E-state index contributed by atoms with van der Waals surface area (Å²) in [6.07, 6.45) is 2.85. The number of hydrogen-bond acceptors (Lipinski definition) is 7. The molecule has 43 heavy (non-hydrogen) atoms. The Hall–Kier alpha value is -5.21. The number of rotatable bonds is 14. The summed E-state index contributed by atoms with van der Waals surface area (Å²) in [7, 11) is 0. The lowest BCUT2D eigenvalue weighted by Gasteiger charge is -2.25. The van der Waals surface area contributed by atoms with Crippen LogP contribution < -0.4 is 27.4 Å². The first-order valence-corrected chi connectivity index (χ1v) is 13.5. The molecule has 4 aromatic rings. The molecular formula is C29H33N7O7. The molecule has 0 bridgehead atoms. The fourth-order valence-electron chi connectivity index (χ4n) is 4.78. The van der Waals surface area contributed by atoms with Crippen molar-refractivity contribution >= 4 is 51.4 Å². The van der Waals surface area contributed by atoms with Crippen molar-refractivity contribution in [3.05, 3.63) is 72.1 Å². The van der Waals surface area contributed by atoms with Crippen molar-refractivity contribution in [2.75, 3.05) is 6.61 Å². The first-order chi connectivity index (χ1) is 20.6. The minimum Gasteiger partial charge on any atom is -0.480 e. The number of aromatic amines is 2. The zero-order chi connectivity index (χ0) is 31.1. The standard InChI is InChI=1S/C29H33N7O7/c30-19(11-25(31)38)26(39)34-22(9-15-12-32-20-7-3-1-5-17(15)20)27(40)35-23(28(41)36-24(14-37)29(42)43)10-16-13-33-21-8-4-2-6-18(16)21/h1-8,12-13,19,22-24,32-33,37H,9-11,14,30H2,(H2,31,38)(H,34,39)(H,35,40)(H,36,41)(H,42,43). The van der Waals surface area contributed by atoms with E-state index in [9.17, 15) is 34.2 Å². The van der Waals surface area contributed by atoms with Crippen molar-refractivity contribution in [3.8, 4) is 0 Å². The Kier molecular flexibility index (Phi) is 9.75. The monoisotopic (exact) mass is 591 g/mol. The van der Waals surface area contributed by atoms with Crippen molar-refractivity contribution in [1.29, 1.82) is 0 Å². The third-order valence-electron chi connectivity index (χ3n) is 7.02. The van der Waals surface area contributed by atoms with E-state index in [-0.39, 0.29) is 12.8 Å². The van der Waals surface area contributed by atoms with Gasteiger partial charge in [-0.15, -0.1) is 0 Å². The van der Waals surface area contributed by atoms with Crippen molar-refractivity contribution in [3.63, 3.8) is 0 Å². The van der Waals surface area contributed by atoms with E-state index in [1.807, 2.05) is 48.5 Å². The fraction of sp³-hybridized carbons (Fsp3) is 0.276. The van der Waals surface area contributed by atoms with E-state index in [0.717, 1.165) is 21.8 Å². The van der Waals surface area contributed by atoms with Gasteiger partial charge in [0.05, 0.1) is 19.1 Å². The zero-order valence-electron chi connectivity index (χ0n) is 23.0. The Balaban J connectivity index is 1.63. The molecule has 0 aliphatic heterocycles. The van der Waals surface area contributed by atoms with Crippen LogP contribution in [-0.2, 0) is 36.8 Å². The number of nitrogens with one attached hydrogen (secondary N) is 5. The number of fused-ring (bicyclic) bond motifs is 2. The van der Waals surface area contributed by atoms with Crippen molar-refractivity contribution in [2.24, 2.45) is 11.5 Å². The van der Waals surface area contributed by atoms with E-state index in [2.05, 4.69) is 25.9 Å². The number of para-hydroxylation sites is 2. The van der Waals surface area contributed by atoms with Gasteiger partial charge in [-0.1, -0.05) is 36.4 Å². The summed E-state index contributed by atoms with van der Waals surface area (Å²) in [6, 6.07) is 9.15. The molecule has 0 spiro atoms. The van der Waals surface area contributed by atoms with Gasteiger partial charge in [-0.3, -0.25) is 19.2 Å². The van der Waals surface area contributed by atoms with Gasteiger partial charge in [0.2, 0.25) is 23.6 Å². The van der Waals surface area contributed by atoms with Crippen LogP contribution in [0.15, 0.2) is 60.9 Å². The molecule has 226 valence electrons. The molecule has 0 aliphatic rings. The number of carbonyl (C=O) groups excluding carboxylic acids is 4. The van der Waals surface area contributed by atoms with Crippen LogP contribution in [-0.4, -0.2) is 80.6 Å². The van der Waals surface area contributed by atoms with E-state index < -0.39 is 66.8 Å². The van der Waals surface area contributed by atoms with Crippen LogP contribution in [0, 0.1) is 0 Å². The van der Waals surface area contributed by atoms with Crippen molar-refractivity contribution in [1.82, 2.24) is 25.9 Å². The molecule has 0 radical (unpaired) electrons. The summed E-state index contributed by atoms with van der Waals surface area (Å²) >= 11 is 0. The van der Waals surface area contributed by atoms with Crippen LogP contribution in [0.1, 0.15) is 17.5 Å². The number of carboxylic acid groups (broad SMARTS) is 1. The molecule has 14 nitrogen and oxygen atoms in total. The molecule has 0 aliphatic carbocycles. The predicted molar refractivity (Wildman–Crippen MR) is 156 cm³/mol. The molecule has 2 aromatic carbocycles. The van der Waals surface area contributed by atoms with E-state index in [4.69, 9.17) is 11.5 Å². The second kappa shape index (κ2) is 13.6. The SMILES string of the molecule is NC(=O)CC(N)C(=O)NC(Cc1c[nH]c2ccccc12)C(=O)NC(Cc1c[nH]c2ccccc12)C(=O)NC(CO)C(=O)O. The number of aliphatic carboxylic acids is 1. The molecule has 4 unspecified atom stereocenters. The maximum Gasteiger partial charge on any atom is 0.328 e. The molecule has 0 saturated carbocycles. The second-order valence-electron chi connectivity index (χ2n) is 10.1. The second-order valence-corrected chi connectivity index (χ2v) is 10.1. The maximum atomic E-state index is 13.8. The van der Waals surface area contributed by atoms with E-state index in [1.54, 1.807) is 12.4 Å². The molecular weight excluding hydrogens is 558 g/mol. The maximum absolute atomic E-state index is 13.8. The zero-order valence-corrected chi connectivity index (χ0v) is 23.0. The molecule has 11 N–H and O–H groups in total. The van der Waals surface area contributed by atoms with Crippen LogP contribution in [0.2, 0.25) is 0 Å². The summed E-state index contributed by atoms with van der Waals surface area (Å²) in [5.41, 5.74) is 13.9. The normalized spacial score (nSPS) is 14.0. The smallest absolute Gasteiger partial charge is 0.328 e. The molecule has 2 heterocycles. The van der Waals surface area contributed by atoms with E-state index >= 15 is 0 Å². The van der Waals surface area contributed by atoms with Gasteiger partial charge in [0, 0.05) is 47.0 Å². The fourth-order valence-corrected chi connectivity index (χ4v) is 4.78. The number of aliphatic hydroxyl groups excluding tert-OH is 1. The first-order valence-electron chi connectivity index (χ1n) is 13.5. The molecule has 0 saturated heterocycles. The highest BCUT2D eigenvalue weighted by atomic mass is 16.4. The van der Waals surface area contributed by atoms with Crippen molar-refractivity contribution in [2.45, 2.75) is 43.4 Å². The Morgan fingerprint density at radius 1 is 0.721 bits per heavy atom. The van der Waals surface area contributed by atoms with E-state index in [0.29, 0.717) is 11.1 Å². The molecule has 2 aromatic heterocycles. The number of hydrogen-bond donors (Lipinski definition) is 9. The van der Waals surface area contributed by atoms with Gasteiger partial charge in [-0.05, 0) is 23.3 Å². The van der Waals surface area contributed by atoms with Gasteiger partial charge in [0.15, 0.2) is 0 Å². The van der Waals surface area contributed by atoms with Gasteiger partial charge in [-0.25, -0.2) is 4.79 Å². The van der Waals surface area contributed by atoms with Gasteiger partial charge < -0.3 is 47.6 Å². The summed E-state index contributed by atoms with van der Waals surface area (Å²) < 4.78 is 0. The summed E-state index contributed by atoms with van der Waals surface area (Å²) in [6.45, 7) is -0.869.